The van der Waals surface area contributed by atoms with Crippen LogP contribution in [-0.2, 0) is 28.6 Å². The summed E-state index contributed by atoms with van der Waals surface area (Å²) in [6.45, 7) is 6.52. The number of rotatable bonds is 54. The summed E-state index contributed by atoms with van der Waals surface area (Å²) in [5.41, 5.74) is 0. The fourth-order valence-electron chi connectivity index (χ4n) is 8.55. The Balaban J connectivity index is 4.35. The predicted molar refractivity (Wildman–Crippen MR) is 298 cm³/mol. The van der Waals surface area contributed by atoms with Crippen LogP contribution in [0.1, 0.15) is 303 Å². The lowest BCUT2D eigenvalue weighted by Crippen LogP contribution is -2.30. The van der Waals surface area contributed by atoms with Crippen molar-refractivity contribution in [2.45, 2.75) is 309 Å². The SMILES string of the molecule is CC/C=C\C/C=C\C/C=C\C/C=C\CCCCCCC(=O)O[C@H](COC(=O)CCCCCCC/C=C\CCCCCC)COC(=O)CCCCCCCCCCCCCCCCCCCCCCC. The molecule has 6 nitrogen and oxygen atoms in total. The van der Waals surface area contributed by atoms with E-state index in [4.69, 9.17) is 14.2 Å². The molecule has 400 valence electrons. The van der Waals surface area contributed by atoms with Gasteiger partial charge in [-0.25, -0.2) is 0 Å². The van der Waals surface area contributed by atoms with Crippen molar-refractivity contribution in [1.29, 1.82) is 0 Å². The first-order valence-corrected chi connectivity index (χ1v) is 29.8. The molecule has 0 heterocycles. The van der Waals surface area contributed by atoms with Crippen molar-refractivity contribution in [1.82, 2.24) is 0 Å². The molecule has 0 amide bonds. The number of hydrogen-bond donors (Lipinski definition) is 0. The van der Waals surface area contributed by atoms with Crippen LogP contribution < -0.4 is 0 Å². The summed E-state index contributed by atoms with van der Waals surface area (Å²) in [6, 6.07) is 0. The first-order valence-electron chi connectivity index (χ1n) is 29.8. The van der Waals surface area contributed by atoms with E-state index in [-0.39, 0.29) is 31.1 Å². The highest BCUT2D eigenvalue weighted by Crippen LogP contribution is 2.17. The molecule has 0 spiro atoms. The smallest absolute Gasteiger partial charge is 0.306 e. The topological polar surface area (TPSA) is 78.9 Å². The van der Waals surface area contributed by atoms with Crippen LogP contribution in [0.15, 0.2) is 60.8 Å². The molecule has 0 N–H and O–H groups in total. The molecule has 6 heteroatoms. The van der Waals surface area contributed by atoms with Gasteiger partial charge in [0.25, 0.3) is 0 Å². The van der Waals surface area contributed by atoms with Crippen LogP contribution in [0.5, 0.6) is 0 Å². The van der Waals surface area contributed by atoms with E-state index in [9.17, 15) is 14.4 Å². The zero-order chi connectivity index (χ0) is 50.0. The fraction of sp³-hybridized carbons (Fsp3) is 0.794. The van der Waals surface area contributed by atoms with Gasteiger partial charge >= 0.3 is 17.9 Å². The van der Waals surface area contributed by atoms with Crippen LogP contribution >= 0.6 is 0 Å². The summed E-state index contributed by atoms with van der Waals surface area (Å²) in [7, 11) is 0. The van der Waals surface area contributed by atoms with E-state index in [0.717, 1.165) is 103 Å². The maximum Gasteiger partial charge on any atom is 0.306 e. The molecule has 0 rings (SSSR count). The van der Waals surface area contributed by atoms with Gasteiger partial charge < -0.3 is 14.2 Å². The van der Waals surface area contributed by atoms with Crippen LogP contribution in [0, 0.1) is 0 Å². The van der Waals surface area contributed by atoms with Gasteiger partial charge in [0, 0.05) is 19.3 Å². The molecule has 69 heavy (non-hydrogen) atoms. The molecule has 0 aromatic heterocycles. The Kier molecular flexibility index (Phi) is 55.3. The quantitative estimate of drug-likeness (QED) is 0.0262. The Morgan fingerprint density at radius 1 is 0.304 bits per heavy atom. The number of esters is 3. The van der Waals surface area contributed by atoms with Gasteiger partial charge in [0.05, 0.1) is 0 Å². The lowest BCUT2D eigenvalue weighted by atomic mass is 10.0. The van der Waals surface area contributed by atoms with Gasteiger partial charge in [-0.15, -0.1) is 0 Å². The first-order chi connectivity index (χ1) is 34.0. The Hall–Kier alpha value is -2.89. The number of hydrogen-bond acceptors (Lipinski definition) is 6. The van der Waals surface area contributed by atoms with Gasteiger partial charge in [0.2, 0.25) is 0 Å². The summed E-state index contributed by atoms with van der Waals surface area (Å²) in [5.74, 6) is -0.904. The van der Waals surface area contributed by atoms with E-state index in [1.54, 1.807) is 0 Å². The molecule has 1 atom stereocenters. The van der Waals surface area contributed by atoms with Crippen LogP contribution in [0.2, 0.25) is 0 Å². The molecule has 0 radical (unpaired) electrons. The average molecular weight is 966 g/mol. The molecular weight excluding hydrogens is 853 g/mol. The van der Waals surface area contributed by atoms with Gasteiger partial charge in [-0.3, -0.25) is 14.4 Å². The van der Waals surface area contributed by atoms with Crippen molar-refractivity contribution in [2.75, 3.05) is 13.2 Å². The van der Waals surface area contributed by atoms with Crippen molar-refractivity contribution >= 4 is 17.9 Å². The molecular formula is C63H112O6. The van der Waals surface area contributed by atoms with E-state index in [1.165, 1.54) is 161 Å². The lowest BCUT2D eigenvalue weighted by molar-refractivity contribution is -0.167. The van der Waals surface area contributed by atoms with Crippen LogP contribution in [-0.4, -0.2) is 37.2 Å². The fourth-order valence-corrected chi connectivity index (χ4v) is 8.55. The maximum absolute atomic E-state index is 12.9. The second kappa shape index (κ2) is 57.7. The van der Waals surface area contributed by atoms with Crippen molar-refractivity contribution in [3.63, 3.8) is 0 Å². The number of unbranched alkanes of at least 4 members (excludes halogenated alkanes) is 33. The van der Waals surface area contributed by atoms with E-state index in [2.05, 4.69) is 81.5 Å². The van der Waals surface area contributed by atoms with Crippen molar-refractivity contribution in [3.05, 3.63) is 60.8 Å². The van der Waals surface area contributed by atoms with Crippen LogP contribution in [0.4, 0.5) is 0 Å². The summed E-state index contributed by atoms with van der Waals surface area (Å²) >= 11 is 0. The van der Waals surface area contributed by atoms with E-state index < -0.39 is 6.10 Å². The summed E-state index contributed by atoms with van der Waals surface area (Å²) in [4.78, 5) is 38.2. The molecule has 0 aliphatic heterocycles. The Morgan fingerprint density at radius 3 is 0.913 bits per heavy atom. The third kappa shape index (κ3) is 55.9. The lowest BCUT2D eigenvalue weighted by Gasteiger charge is -2.18. The molecule has 0 aliphatic rings. The molecule has 0 fully saturated rings. The summed E-state index contributed by atoms with van der Waals surface area (Å²) < 4.78 is 16.9. The van der Waals surface area contributed by atoms with Gasteiger partial charge in [-0.1, -0.05) is 261 Å². The molecule has 0 aromatic carbocycles. The van der Waals surface area contributed by atoms with E-state index in [1.807, 2.05) is 0 Å². The third-order valence-electron chi connectivity index (χ3n) is 13.0. The van der Waals surface area contributed by atoms with Crippen molar-refractivity contribution in [3.8, 4) is 0 Å². The van der Waals surface area contributed by atoms with Gasteiger partial charge in [0.15, 0.2) is 6.10 Å². The summed E-state index contributed by atoms with van der Waals surface area (Å²) in [6.07, 6.45) is 72.2. The van der Waals surface area contributed by atoms with Crippen molar-refractivity contribution < 1.29 is 28.6 Å². The predicted octanol–water partition coefficient (Wildman–Crippen LogP) is 20.0. The zero-order valence-electron chi connectivity index (χ0n) is 45.8. The second-order valence-corrected chi connectivity index (χ2v) is 19.9. The molecule has 0 aliphatic carbocycles. The van der Waals surface area contributed by atoms with Crippen molar-refractivity contribution in [2.24, 2.45) is 0 Å². The van der Waals surface area contributed by atoms with E-state index >= 15 is 0 Å². The average Bonchev–Trinajstić information content (AvgIpc) is 3.35. The number of carbonyl (C=O) groups is 3. The third-order valence-corrected chi connectivity index (χ3v) is 13.0. The summed E-state index contributed by atoms with van der Waals surface area (Å²) in [5, 5.41) is 0. The van der Waals surface area contributed by atoms with Gasteiger partial charge in [-0.05, 0) is 83.5 Å². The molecule has 0 saturated carbocycles. The van der Waals surface area contributed by atoms with Gasteiger partial charge in [0.1, 0.15) is 13.2 Å². The molecule has 0 saturated heterocycles. The zero-order valence-corrected chi connectivity index (χ0v) is 45.8. The number of allylic oxidation sites excluding steroid dienone is 10. The Bertz CT molecular complexity index is 1250. The normalized spacial score (nSPS) is 12.4. The highest BCUT2D eigenvalue weighted by molar-refractivity contribution is 5.71. The monoisotopic (exact) mass is 965 g/mol. The van der Waals surface area contributed by atoms with Gasteiger partial charge in [-0.2, -0.15) is 0 Å². The minimum Gasteiger partial charge on any atom is -0.462 e. The molecule has 0 bridgehead atoms. The molecule has 0 aromatic rings. The van der Waals surface area contributed by atoms with Crippen LogP contribution in [0.25, 0.3) is 0 Å². The molecule has 0 unspecified atom stereocenters. The minimum absolute atomic E-state index is 0.0842. The standard InChI is InChI=1S/C63H112O6/c1-4-7-10-13-16-19-22-25-27-29-30-31-32-34-35-38-41-44-47-50-53-56-62(65)68-59-60(58-67-61(64)55-52-49-46-43-40-37-24-21-18-15-12-9-6-3)69-63(66)57-54-51-48-45-42-39-36-33-28-26-23-20-17-14-11-8-5-2/h8,11,17,20-21,24,26,28,36,39,60H,4-7,9-10,12-16,18-19,22-23,25,27,29-35,37-38,40-59H2,1-3H3/b11-8-,20-17-,24-21-,28-26-,39-36-/t60-/m1/s1. The first kappa shape index (κ1) is 66.1. The largest absolute Gasteiger partial charge is 0.462 e. The number of carbonyl (C=O) groups excluding carboxylic acids is 3. The number of ether oxygens (including phenoxy) is 3. The van der Waals surface area contributed by atoms with Crippen LogP contribution in [0.3, 0.4) is 0 Å². The van der Waals surface area contributed by atoms with E-state index in [0.29, 0.717) is 19.3 Å². The second-order valence-electron chi connectivity index (χ2n) is 19.9. The Labute approximate surface area is 428 Å². The maximum atomic E-state index is 12.9. The highest BCUT2D eigenvalue weighted by Gasteiger charge is 2.19. The Morgan fingerprint density at radius 2 is 0.565 bits per heavy atom. The highest BCUT2D eigenvalue weighted by atomic mass is 16.6. The minimum atomic E-state index is -0.789.